The summed E-state index contributed by atoms with van der Waals surface area (Å²) in [5.74, 6) is -2.56. The van der Waals surface area contributed by atoms with Crippen LogP contribution in [0.25, 0.3) is 11.0 Å². The summed E-state index contributed by atoms with van der Waals surface area (Å²) in [5, 5.41) is 17.8. The molecule has 34 heavy (non-hydrogen) atoms. The number of carbonyl (C=O) groups is 2. The Labute approximate surface area is 190 Å². The van der Waals surface area contributed by atoms with E-state index in [4.69, 9.17) is 9.90 Å². The monoisotopic (exact) mass is 478 g/mol. The number of fused-ring (bicyclic) bond motifs is 1. The molecular formula is C20H21F3N8O3. The van der Waals surface area contributed by atoms with Crippen LogP contribution in [0, 0.1) is 0 Å². The zero-order valence-electron chi connectivity index (χ0n) is 18.0. The van der Waals surface area contributed by atoms with Crippen molar-refractivity contribution in [3.8, 4) is 0 Å². The van der Waals surface area contributed by atoms with Crippen LogP contribution in [-0.2, 0) is 24.4 Å². The number of aromatic nitrogens is 7. The lowest BCUT2D eigenvalue weighted by molar-refractivity contribution is -0.192. The number of aliphatic carboxylic acids is 1. The lowest BCUT2D eigenvalue weighted by atomic mass is 10.3. The van der Waals surface area contributed by atoms with Crippen molar-refractivity contribution in [2.75, 3.05) is 5.32 Å². The summed E-state index contributed by atoms with van der Waals surface area (Å²) in [6.07, 6.45) is 2.92. The predicted molar refractivity (Wildman–Crippen MR) is 114 cm³/mol. The summed E-state index contributed by atoms with van der Waals surface area (Å²) in [6.45, 7) is 4.16. The van der Waals surface area contributed by atoms with Crippen molar-refractivity contribution in [1.29, 1.82) is 0 Å². The number of carboxylic acid groups (broad SMARTS) is 1. The SMILES string of the molecule is CCn1cc(C(=O)Nc2nc3ccccc3n2CCCn2ccnc2)nn1.O=C(O)C(F)(F)F. The molecule has 180 valence electrons. The van der Waals surface area contributed by atoms with Crippen LogP contribution < -0.4 is 5.32 Å². The first-order valence-corrected chi connectivity index (χ1v) is 10.1. The van der Waals surface area contributed by atoms with Crippen LogP contribution in [0.3, 0.4) is 0 Å². The van der Waals surface area contributed by atoms with Gasteiger partial charge in [0, 0.05) is 32.0 Å². The number of carboxylic acids is 1. The Morgan fingerprint density at radius 1 is 1.18 bits per heavy atom. The van der Waals surface area contributed by atoms with E-state index >= 15 is 0 Å². The van der Waals surface area contributed by atoms with Crippen LogP contribution in [0.1, 0.15) is 23.8 Å². The molecule has 11 nitrogen and oxygen atoms in total. The first kappa shape index (κ1) is 24.4. The fraction of sp³-hybridized carbons (Fsp3) is 0.300. The van der Waals surface area contributed by atoms with E-state index in [1.54, 1.807) is 23.4 Å². The molecule has 4 rings (SSSR count). The number of carbonyl (C=O) groups excluding carboxylic acids is 1. The lowest BCUT2D eigenvalue weighted by Gasteiger charge is -2.10. The highest BCUT2D eigenvalue weighted by Crippen LogP contribution is 2.20. The number of anilines is 1. The third-order valence-corrected chi connectivity index (χ3v) is 4.57. The van der Waals surface area contributed by atoms with Crippen molar-refractivity contribution < 1.29 is 27.9 Å². The van der Waals surface area contributed by atoms with Crippen LogP contribution in [0.15, 0.2) is 49.2 Å². The number of imidazole rings is 2. The van der Waals surface area contributed by atoms with Gasteiger partial charge in [0.15, 0.2) is 5.69 Å². The Morgan fingerprint density at radius 2 is 1.91 bits per heavy atom. The zero-order chi connectivity index (χ0) is 24.7. The van der Waals surface area contributed by atoms with Crippen molar-refractivity contribution in [1.82, 2.24) is 34.1 Å². The normalized spacial score (nSPS) is 11.2. The quantitative estimate of drug-likeness (QED) is 0.417. The van der Waals surface area contributed by atoms with Gasteiger partial charge in [0.1, 0.15) is 0 Å². The molecule has 0 unspecified atom stereocenters. The minimum Gasteiger partial charge on any atom is -0.475 e. The number of rotatable bonds is 7. The summed E-state index contributed by atoms with van der Waals surface area (Å²) in [4.78, 5) is 30.1. The number of nitrogens with zero attached hydrogens (tertiary/aromatic N) is 7. The molecule has 0 spiro atoms. The summed E-state index contributed by atoms with van der Waals surface area (Å²) < 4.78 is 37.4. The van der Waals surface area contributed by atoms with Crippen LogP contribution >= 0.6 is 0 Å². The van der Waals surface area contributed by atoms with Gasteiger partial charge in [-0.25, -0.2) is 14.8 Å². The Hall–Kier alpha value is -4.23. The van der Waals surface area contributed by atoms with Crippen LogP contribution in [0.5, 0.6) is 0 Å². The zero-order valence-corrected chi connectivity index (χ0v) is 18.0. The van der Waals surface area contributed by atoms with E-state index < -0.39 is 12.1 Å². The van der Waals surface area contributed by atoms with Crippen LogP contribution in [0.4, 0.5) is 19.1 Å². The van der Waals surface area contributed by atoms with Gasteiger partial charge in [0.2, 0.25) is 5.95 Å². The summed E-state index contributed by atoms with van der Waals surface area (Å²) >= 11 is 0. The molecule has 0 atom stereocenters. The number of alkyl halides is 3. The largest absolute Gasteiger partial charge is 0.490 e. The van der Waals surface area contributed by atoms with E-state index in [-0.39, 0.29) is 11.6 Å². The van der Waals surface area contributed by atoms with Gasteiger partial charge in [-0.15, -0.1) is 5.10 Å². The third-order valence-electron chi connectivity index (χ3n) is 4.57. The van der Waals surface area contributed by atoms with Gasteiger partial charge in [-0.2, -0.15) is 13.2 Å². The molecule has 0 aliphatic heterocycles. The van der Waals surface area contributed by atoms with E-state index in [2.05, 4.69) is 25.6 Å². The second kappa shape index (κ2) is 10.6. The minimum atomic E-state index is -5.08. The molecule has 4 aromatic rings. The molecule has 14 heteroatoms. The summed E-state index contributed by atoms with van der Waals surface area (Å²) in [6, 6.07) is 7.84. The van der Waals surface area contributed by atoms with Crippen molar-refractivity contribution in [3.63, 3.8) is 0 Å². The predicted octanol–water partition coefficient (Wildman–Crippen LogP) is 2.82. The third kappa shape index (κ3) is 6.17. The lowest BCUT2D eigenvalue weighted by Crippen LogP contribution is -2.21. The van der Waals surface area contributed by atoms with Gasteiger partial charge >= 0.3 is 12.1 Å². The molecule has 0 bridgehead atoms. The van der Waals surface area contributed by atoms with Crippen molar-refractivity contribution in [3.05, 3.63) is 54.9 Å². The Bertz CT molecular complexity index is 1250. The van der Waals surface area contributed by atoms with E-state index in [1.165, 1.54) is 0 Å². The first-order chi connectivity index (χ1) is 16.2. The van der Waals surface area contributed by atoms with Gasteiger partial charge < -0.3 is 14.2 Å². The highest BCUT2D eigenvalue weighted by atomic mass is 19.4. The molecule has 0 saturated carbocycles. The number of benzene rings is 1. The Morgan fingerprint density at radius 3 is 2.53 bits per heavy atom. The molecular weight excluding hydrogens is 457 g/mol. The maximum Gasteiger partial charge on any atom is 0.490 e. The molecule has 0 radical (unpaired) electrons. The minimum absolute atomic E-state index is 0.272. The molecule has 3 aromatic heterocycles. The molecule has 0 fully saturated rings. The number of nitrogens with one attached hydrogen (secondary N) is 1. The topological polar surface area (TPSA) is 133 Å². The van der Waals surface area contributed by atoms with Gasteiger partial charge in [0.25, 0.3) is 5.91 Å². The summed E-state index contributed by atoms with van der Waals surface area (Å²) in [5.41, 5.74) is 2.09. The average molecular weight is 478 g/mol. The van der Waals surface area contributed by atoms with Gasteiger partial charge in [0.05, 0.1) is 23.6 Å². The molecule has 2 N–H and O–H groups in total. The number of para-hydroxylation sites is 2. The number of halogens is 3. The van der Waals surface area contributed by atoms with Crippen molar-refractivity contribution >= 4 is 28.9 Å². The standard InChI is InChI=1S/C18H20N8O.C2HF3O2/c1-2-25-12-15(22-23-25)17(27)21-18-20-14-6-3-4-7-16(14)26(18)10-5-9-24-11-8-19-13-24;3-2(4,5)1(6)7/h3-4,6-8,11-13H,2,5,9-10H2,1H3,(H,20,21,27);(H,6,7). The van der Waals surface area contributed by atoms with E-state index in [0.29, 0.717) is 12.5 Å². The first-order valence-electron chi connectivity index (χ1n) is 10.1. The van der Waals surface area contributed by atoms with Crippen LogP contribution in [-0.4, -0.2) is 57.3 Å². The molecule has 3 heterocycles. The molecule has 1 aromatic carbocycles. The number of hydrogen-bond acceptors (Lipinski definition) is 6. The second-order valence-electron chi connectivity index (χ2n) is 6.95. The van der Waals surface area contributed by atoms with Gasteiger partial charge in [-0.1, -0.05) is 17.3 Å². The number of hydrogen-bond donors (Lipinski definition) is 2. The van der Waals surface area contributed by atoms with E-state index in [1.807, 2.05) is 46.5 Å². The van der Waals surface area contributed by atoms with Gasteiger partial charge in [-0.05, 0) is 25.5 Å². The van der Waals surface area contributed by atoms with Gasteiger partial charge in [-0.3, -0.25) is 14.8 Å². The van der Waals surface area contributed by atoms with E-state index in [0.717, 1.165) is 30.5 Å². The average Bonchev–Trinajstić information content (AvgIpc) is 3.54. The Kier molecular flexibility index (Phi) is 7.60. The highest BCUT2D eigenvalue weighted by Gasteiger charge is 2.38. The highest BCUT2D eigenvalue weighted by molar-refractivity contribution is 6.02. The number of aryl methyl sites for hydroxylation is 3. The summed E-state index contributed by atoms with van der Waals surface area (Å²) in [7, 11) is 0. The fourth-order valence-electron chi connectivity index (χ4n) is 2.95. The van der Waals surface area contributed by atoms with Crippen molar-refractivity contribution in [2.45, 2.75) is 39.2 Å². The second-order valence-corrected chi connectivity index (χ2v) is 6.95. The molecule has 1 amide bonds. The molecule has 0 saturated heterocycles. The fourth-order valence-corrected chi connectivity index (χ4v) is 2.95. The Balaban J connectivity index is 0.000000406. The maximum atomic E-state index is 12.5. The molecule has 0 aliphatic rings. The maximum absolute atomic E-state index is 12.5. The van der Waals surface area contributed by atoms with Crippen molar-refractivity contribution in [2.24, 2.45) is 0 Å². The smallest absolute Gasteiger partial charge is 0.475 e. The molecule has 0 aliphatic carbocycles. The van der Waals surface area contributed by atoms with E-state index in [9.17, 15) is 18.0 Å². The van der Waals surface area contributed by atoms with Crippen LogP contribution in [0.2, 0.25) is 0 Å². The number of amides is 1.